The topological polar surface area (TPSA) is 17.1 Å². The van der Waals surface area contributed by atoms with Crippen molar-refractivity contribution in [3.05, 3.63) is 125 Å². The second kappa shape index (κ2) is 7.83. The number of hydrogen-bond acceptors (Lipinski definition) is 1. The maximum Gasteiger partial charge on any atom is 0.151 e. The Morgan fingerprint density at radius 2 is 1.37 bits per heavy atom. The molecule has 5 rings (SSSR count). The number of carbonyl (C=O) groups is 1. The summed E-state index contributed by atoms with van der Waals surface area (Å²) in [6, 6.07) is 33.3. The molecule has 0 spiro atoms. The van der Waals surface area contributed by atoms with Gasteiger partial charge in [-0.05, 0) is 58.0 Å². The van der Waals surface area contributed by atoms with Crippen LogP contribution in [0.4, 0.5) is 0 Å². The lowest BCUT2D eigenvalue weighted by molar-refractivity contribution is -0.103. The van der Waals surface area contributed by atoms with Crippen LogP contribution in [0.5, 0.6) is 0 Å². The van der Waals surface area contributed by atoms with E-state index in [0.717, 1.165) is 51.0 Å². The summed E-state index contributed by atoms with van der Waals surface area (Å²) >= 11 is 0. The summed E-state index contributed by atoms with van der Waals surface area (Å²) in [5.74, 6) is 0. The van der Waals surface area contributed by atoms with Crippen molar-refractivity contribution in [3.8, 4) is 22.3 Å². The van der Waals surface area contributed by atoms with Gasteiger partial charge in [0.25, 0.3) is 0 Å². The number of fused-ring (bicyclic) bond motifs is 2. The number of carbonyl (C=O) groups excluding carboxylic acids is 1. The minimum atomic E-state index is 0.728. The minimum Gasteiger partial charge on any atom is -0.298 e. The van der Waals surface area contributed by atoms with Crippen molar-refractivity contribution in [2.45, 2.75) is 6.42 Å². The first kappa shape index (κ1) is 18.1. The minimum absolute atomic E-state index is 0.728. The zero-order chi connectivity index (χ0) is 20.3. The van der Waals surface area contributed by atoms with E-state index in [1.165, 1.54) is 11.1 Å². The summed E-state index contributed by atoms with van der Waals surface area (Å²) in [5, 5.41) is 1.88. The third kappa shape index (κ3) is 3.33. The van der Waals surface area contributed by atoms with Gasteiger partial charge >= 0.3 is 0 Å². The molecule has 0 bridgehead atoms. The highest BCUT2D eigenvalue weighted by molar-refractivity contribution is 6.07. The second-order valence-corrected chi connectivity index (χ2v) is 7.45. The molecule has 0 aliphatic heterocycles. The quantitative estimate of drug-likeness (QED) is 0.459. The van der Waals surface area contributed by atoms with Crippen molar-refractivity contribution in [3.63, 3.8) is 0 Å². The van der Waals surface area contributed by atoms with Crippen LogP contribution in [-0.4, -0.2) is 6.29 Å². The van der Waals surface area contributed by atoms with Crippen LogP contribution < -0.4 is 10.4 Å². The second-order valence-electron chi connectivity index (χ2n) is 7.45. The van der Waals surface area contributed by atoms with E-state index < -0.39 is 0 Å². The summed E-state index contributed by atoms with van der Waals surface area (Å²) in [6.45, 7) is 0. The summed E-state index contributed by atoms with van der Waals surface area (Å²) < 4.78 is 0. The average molecular weight is 384 g/mol. The highest BCUT2D eigenvalue weighted by Gasteiger charge is 2.10. The van der Waals surface area contributed by atoms with Crippen molar-refractivity contribution in [1.29, 1.82) is 0 Å². The zero-order valence-corrected chi connectivity index (χ0v) is 16.5. The molecule has 0 N–H and O–H groups in total. The van der Waals surface area contributed by atoms with E-state index in [4.69, 9.17) is 0 Å². The molecule has 4 aromatic carbocycles. The van der Waals surface area contributed by atoms with E-state index >= 15 is 0 Å². The molecule has 0 aromatic heterocycles. The monoisotopic (exact) mass is 384 g/mol. The Bertz CT molecular complexity index is 1400. The van der Waals surface area contributed by atoms with Gasteiger partial charge < -0.3 is 0 Å². The molecular weight excluding hydrogens is 364 g/mol. The number of allylic oxidation sites excluding steroid dienone is 1. The standard InChI is InChI=1S/C29H20O/c30-20-29-27-15-5-4-10-22(27)11-6-14-26-19-25(16-17-28(26)29)24-13-7-12-23(18-24)21-8-2-1-3-9-21/h1-10,12-13,15-20H,11H2. The van der Waals surface area contributed by atoms with Crippen molar-refractivity contribution >= 4 is 17.6 Å². The third-order valence-corrected chi connectivity index (χ3v) is 5.62. The van der Waals surface area contributed by atoms with Gasteiger partial charge in [0.2, 0.25) is 0 Å². The molecule has 0 radical (unpaired) electrons. The predicted octanol–water partition coefficient (Wildman–Crippen LogP) is 4.91. The number of aldehydes is 1. The molecule has 1 aliphatic carbocycles. The van der Waals surface area contributed by atoms with Crippen LogP contribution in [0, 0.1) is 0 Å². The van der Waals surface area contributed by atoms with E-state index in [2.05, 4.69) is 78.5 Å². The highest BCUT2D eigenvalue weighted by Crippen LogP contribution is 2.25. The van der Waals surface area contributed by atoms with Gasteiger partial charge in [0.15, 0.2) is 6.29 Å². The van der Waals surface area contributed by atoms with Gasteiger partial charge in [-0.15, -0.1) is 5.73 Å². The van der Waals surface area contributed by atoms with Gasteiger partial charge in [0, 0.05) is 16.0 Å². The predicted molar refractivity (Wildman–Crippen MR) is 123 cm³/mol. The number of benzene rings is 4. The van der Waals surface area contributed by atoms with Crippen molar-refractivity contribution in [1.82, 2.24) is 0 Å². The lowest BCUT2D eigenvalue weighted by Crippen LogP contribution is -2.28. The Kier molecular flexibility index (Phi) is 4.73. The summed E-state index contributed by atoms with van der Waals surface area (Å²) in [5.41, 5.74) is 11.0. The first-order chi connectivity index (χ1) is 14.8. The molecule has 0 unspecified atom stereocenters. The van der Waals surface area contributed by atoms with Crippen molar-refractivity contribution in [2.24, 2.45) is 0 Å². The van der Waals surface area contributed by atoms with E-state index in [1.54, 1.807) is 0 Å². The molecule has 1 aliphatic rings. The van der Waals surface area contributed by atoms with Crippen LogP contribution in [0.2, 0.25) is 0 Å². The van der Waals surface area contributed by atoms with Gasteiger partial charge in [-0.3, -0.25) is 4.79 Å². The lowest BCUT2D eigenvalue weighted by atomic mass is 9.93. The Labute approximate surface area is 176 Å². The molecule has 0 saturated carbocycles. The Hall–Kier alpha value is -3.93. The Morgan fingerprint density at radius 1 is 0.667 bits per heavy atom. The van der Waals surface area contributed by atoms with Crippen LogP contribution >= 0.6 is 0 Å². The maximum atomic E-state index is 12.0. The van der Waals surface area contributed by atoms with Gasteiger partial charge in [0.05, 0.1) is 0 Å². The Balaban J connectivity index is 1.69. The van der Waals surface area contributed by atoms with Crippen LogP contribution in [0.25, 0.3) is 33.6 Å². The summed E-state index contributed by atoms with van der Waals surface area (Å²) in [4.78, 5) is 12.0. The highest BCUT2D eigenvalue weighted by atomic mass is 16.1. The van der Waals surface area contributed by atoms with Crippen molar-refractivity contribution < 1.29 is 4.79 Å². The molecule has 0 heterocycles. The summed E-state index contributed by atoms with van der Waals surface area (Å²) in [6.07, 6.45) is 3.80. The molecule has 0 fully saturated rings. The fourth-order valence-electron chi connectivity index (χ4n) is 4.09. The molecule has 1 heteroatoms. The molecule has 4 aromatic rings. The molecule has 0 amide bonds. The number of rotatable bonds is 3. The Morgan fingerprint density at radius 3 is 2.20 bits per heavy atom. The largest absolute Gasteiger partial charge is 0.298 e. The SMILES string of the molecule is O=CC1=c2ccc(-c3cccc(-c4ccccc4)c3)cc2=C=CCc2ccccc21. The van der Waals surface area contributed by atoms with Crippen LogP contribution in [-0.2, 0) is 11.2 Å². The average Bonchev–Trinajstić information content (AvgIpc) is 2.80. The van der Waals surface area contributed by atoms with Crippen LogP contribution in [0.15, 0.2) is 103 Å². The zero-order valence-electron chi connectivity index (χ0n) is 16.5. The van der Waals surface area contributed by atoms with E-state index in [9.17, 15) is 4.79 Å². The maximum absolute atomic E-state index is 12.0. The van der Waals surface area contributed by atoms with Crippen molar-refractivity contribution in [2.75, 3.05) is 0 Å². The molecule has 0 atom stereocenters. The molecule has 30 heavy (non-hydrogen) atoms. The fourth-order valence-corrected chi connectivity index (χ4v) is 4.09. The van der Waals surface area contributed by atoms with Gasteiger partial charge in [0.1, 0.15) is 0 Å². The third-order valence-electron chi connectivity index (χ3n) is 5.62. The first-order valence-electron chi connectivity index (χ1n) is 10.1. The van der Waals surface area contributed by atoms with Crippen LogP contribution in [0.1, 0.15) is 11.1 Å². The van der Waals surface area contributed by atoms with E-state index in [-0.39, 0.29) is 0 Å². The van der Waals surface area contributed by atoms with Gasteiger partial charge in [-0.2, -0.15) is 0 Å². The first-order valence-corrected chi connectivity index (χ1v) is 10.1. The fraction of sp³-hybridized carbons (Fsp3) is 0.0345. The molecular formula is C29H20O. The number of hydrogen-bond donors (Lipinski definition) is 0. The lowest BCUT2D eigenvalue weighted by Gasteiger charge is -2.10. The van der Waals surface area contributed by atoms with E-state index in [1.807, 2.05) is 30.3 Å². The normalized spacial score (nSPS) is 12.2. The molecule has 142 valence electrons. The van der Waals surface area contributed by atoms with E-state index in [0.29, 0.717) is 0 Å². The van der Waals surface area contributed by atoms with Gasteiger partial charge in [-0.1, -0.05) is 84.9 Å². The molecule has 0 saturated heterocycles. The van der Waals surface area contributed by atoms with Crippen LogP contribution in [0.3, 0.4) is 0 Å². The van der Waals surface area contributed by atoms with Gasteiger partial charge in [-0.25, -0.2) is 0 Å². The smallest absolute Gasteiger partial charge is 0.151 e. The summed E-state index contributed by atoms with van der Waals surface area (Å²) in [7, 11) is 0. The molecule has 1 nitrogen and oxygen atoms in total.